The number of halogens is 1. The Labute approximate surface area is 122 Å². The minimum atomic E-state index is -0.0614. The summed E-state index contributed by atoms with van der Waals surface area (Å²) in [5.74, 6) is 1.25. The van der Waals surface area contributed by atoms with Crippen molar-refractivity contribution in [3.63, 3.8) is 0 Å². The first kappa shape index (κ1) is 14.8. The van der Waals surface area contributed by atoms with Crippen molar-refractivity contribution < 1.29 is 14.0 Å². The van der Waals surface area contributed by atoms with Gasteiger partial charge in [-0.3, -0.25) is 0 Å². The number of nitrogens with zero attached hydrogens (tertiary/aromatic N) is 1. The summed E-state index contributed by atoms with van der Waals surface area (Å²) < 4.78 is 15.6. The van der Waals surface area contributed by atoms with Crippen molar-refractivity contribution in [2.24, 2.45) is 5.73 Å². The third kappa shape index (κ3) is 3.72. The second-order valence-corrected chi connectivity index (χ2v) is 4.89. The van der Waals surface area contributed by atoms with Gasteiger partial charge in [-0.15, -0.1) is 0 Å². The van der Waals surface area contributed by atoms with E-state index in [0.717, 1.165) is 5.56 Å². The first-order valence-corrected chi connectivity index (χ1v) is 6.59. The van der Waals surface area contributed by atoms with Crippen molar-refractivity contribution in [3.05, 3.63) is 46.3 Å². The van der Waals surface area contributed by atoms with Crippen LogP contribution in [-0.4, -0.2) is 12.3 Å². The van der Waals surface area contributed by atoms with E-state index < -0.39 is 0 Å². The predicted octanol–water partition coefficient (Wildman–Crippen LogP) is 3.07. The molecule has 0 aliphatic rings. The summed E-state index contributed by atoms with van der Waals surface area (Å²) in [6.45, 7) is 2.57. The van der Waals surface area contributed by atoms with Gasteiger partial charge in [0.2, 0.25) is 0 Å². The Morgan fingerprint density at radius 3 is 2.80 bits per heavy atom. The maximum absolute atomic E-state index is 6.15. The lowest BCUT2D eigenvalue weighted by molar-refractivity contribution is 0.155. The molecule has 5 nitrogen and oxygen atoms in total. The maximum Gasteiger partial charge on any atom is 0.162 e. The minimum Gasteiger partial charge on any atom is -0.486 e. The van der Waals surface area contributed by atoms with Crippen LogP contribution in [0.2, 0.25) is 5.02 Å². The fourth-order valence-corrected chi connectivity index (χ4v) is 1.95. The first-order chi connectivity index (χ1) is 9.60. The molecule has 0 saturated carbocycles. The molecule has 1 unspecified atom stereocenters. The van der Waals surface area contributed by atoms with Crippen LogP contribution in [-0.2, 0) is 18.0 Å². The quantitative estimate of drug-likeness (QED) is 0.887. The van der Waals surface area contributed by atoms with Gasteiger partial charge in [-0.05, 0) is 24.6 Å². The Hall–Kier alpha value is -1.56. The van der Waals surface area contributed by atoms with E-state index in [4.69, 9.17) is 31.3 Å². The van der Waals surface area contributed by atoms with Gasteiger partial charge in [0.15, 0.2) is 5.76 Å². The third-order valence-electron chi connectivity index (χ3n) is 2.75. The molecule has 0 fully saturated rings. The van der Waals surface area contributed by atoms with E-state index >= 15 is 0 Å². The minimum absolute atomic E-state index is 0.0614. The molecule has 2 N–H and O–H groups in total. The number of methoxy groups -OCH3 is 1. The van der Waals surface area contributed by atoms with Gasteiger partial charge in [0.05, 0.1) is 5.02 Å². The molecule has 2 rings (SSSR count). The number of benzene rings is 1. The van der Waals surface area contributed by atoms with E-state index in [-0.39, 0.29) is 12.6 Å². The lowest BCUT2D eigenvalue weighted by atomic mass is 10.1. The van der Waals surface area contributed by atoms with Crippen molar-refractivity contribution in [1.82, 2.24) is 5.16 Å². The molecule has 1 aromatic heterocycles. The van der Waals surface area contributed by atoms with Crippen molar-refractivity contribution in [1.29, 1.82) is 0 Å². The normalized spacial score (nSPS) is 12.4. The molecule has 0 radical (unpaired) electrons. The van der Waals surface area contributed by atoms with Crippen LogP contribution in [0, 0.1) is 0 Å². The van der Waals surface area contributed by atoms with Crippen molar-refractivity contribution in [2.75, 3.05) is 7.11 Å². The van der Waals surface area contributed by atoms with Crippen molar-refractivity contribution >= 4 is 11.6 Å². The van der Waals surface area contributed by atoms with E-state index in [1.54, 1.807) is 25.3 Å². The molecule has 1 heterocycles. The molecule has 0 amide bonds. The van der Waals surface area contributed by atoms with Gasteiger partial charge in [-0.1, -0.05) is 22.8 Å². The van der Waals surface area contributed by atoms with Crippen LogP contribution in [0.4, 0.5) is 0 Å². The highest BCUT2D eigenvalue weighted by Gasteiger charge is 2.08. The molecular weight excluding hydrogens is 280 g/mol. The Bertz CT molecular complexity index is 569. The number of rotatable bonds is 6. The van der Waals surface area contributed by atoms with E-state index in [2.05, 4.69) is 5.16 Å². The molecular formula is C14H17ClN2O3. The molecule has 0 aliphatic heterocycles. The van der Waals surface area contributed by atoms with Gasteiger partial charge < -0.3 is 19.7 Å². The topological polar surface area (TPSA) is 70.5 Å². The summed E-state index contributed by atoms with van der Waals surface area (Å²) in [5, 5.41) is 4.41. The van der Waals surface area contributed by atoms with Gasteiger partial charge in [0.25, 0.3) is 0 Å². The van der Waals surface area contributed by atoms with E-state index in [0.29, 0.717) is 28.8 Å². The lowest BCUT2D eigenvalue weighted by Crippen LogP contribution is -2.05. The van der Waals surface area contributed by atoms with Gasteiger partial charge in [0, 0.05) is 19.2 Å². The van der Waals surface area contributed by atoms with Crippen LogP contribution < -0.4 is 10.5 Å². The van der Waals surface area contributed by atoms with Crippen LogP contribution in [0.15, 0.2) is 28.8 Å². The molecule has 20 heavy (non-hydrogen) atoms. The Morgan fingerprint density at radius 1 is 1.35 bits per heavy atom. The molecule has 1 aromatic carbocycles. The summed E-state index contributed by atoms with van der Waals surface area (Å²) in [7, 11) is 1.60. The van der Waals surface area contributed by atoms with Crippen LogP contribution in [0.25, 0.3) is 0 Å². The zero-order valence-electron chi connectivity index (χ0n) is 11.4. The van der Waals surface area contributed by atoms with E-state index in [9.17, 15) is 0 Å². The molecule has 0 bridgehead atoms. The fourth-order valence-electron chi connectivity index (χ4n) is 1.70. The fraction of sp³-hybridized carbons (Fsp3) is 0.357. The summed E-state index contributed by atoms with van der Waals surface area (Å²) in [6.07, 6.45) is 0. The van der Waals surface area contributed by atoms with E-state index in [1.807, 2.05) is 13.0 Å². The standard InChI is InChI=1S/C14H17ClN2O3/c1-9(16)10-3-4-14(13(15)5-10)19-7-11-6-12(8-18-2)20-17-11/h3-6,9H,7-8,16H2,1-2H3. The second kappa shape index (κ2) is 6.74. The molecule has 2 aromatic rings. The summed E-state index contributed by atoms with van der Waals surface area (Å²) in [4.78, 5) is 0. The highest BCUT2D eigenvalue weighted by molar-refractivity contribution is 6.32. The number of aromatic nitrogens is 1. The van der Waals surface area contributed by atoms with Crippen LogP contribution >= 0.6 is 11.6 Å². The third-order valence-corrected chi connectivity index (χ3v) is 3.05. The molecule has 108 valence electrons. The van der Waals surface area contributed by atoms with Crippen LogP contribution in [0.5, 0.6) is 5.75 Å². The number of hydrogen-bond acceptors (Lipinski definition) is 5. The summed E-state index contributed by atoms with van der Waals surface area (Å²) in [6, 6.07) is 7.23. The zero-order valence-corrected chi connectivity index (χ0v) is 12.2. The van der Waals surface area contributed by atoms with E-state index in [1.165, 1.54) is 0 Å². The van der Waals surface area contributed by atoms with Gasteiger partial charge >= 0.3 is 0 Å². The number of hydrogen-bond donors (Lipinski definition) is 1. The maximum atomic E-state index is 6.15. The summed E-state index contributed by atoms with van der Waals surface area (Å²) in [5.41, 5.74) is 7.44. The largest absolute Gasteiger partial charge is 0.486 e. The Morgan fingerprint density at radius 2 is 2.15 bits per heavy atom. The Balaban J connectivity index is 1.99. The van der Waals surface area contributed by atoms with Crippen molar-refractivity contribution in [3.8, 4) is 5.75 Å². The highest BCUT2D eigenvalue weighted by atomic mass is 35.5. The highest BCUT2D eigenvalue weighted by Crippen LogP contribution is 2.28. The number of nitrogens with two attached hydrogens (primary N) is 1. The number of ether oxygens (including phenoxy) is 2. The van der Waals surface area contributed by atoms with Gasteiger partial charge in [-0.25, -0.2) is 0 Å². The van der Waals surface area contributed by atoms with Gasteiger partial charge in [-0.2, -0.15) is 0 Å². The van der Waals surface area contributed by atoms with Crippen LogP contribution in [0.3, 0.4) is 0 Å². The average Bonchev–Trinajstić information content (AvgIpc) is 2.85. The molecule has 0 spiro atoms. The summed E-state index contributed by atoms with van der Waals surface area (Å²) >= 11 is 6.15. The lowest BCUT2D eigenvalue weighted by Gasteiger charge is -2.10. The smallest absolute Gasteiger partial charge is 0.162 e. The monoisotopic (exact) mass is 296 g/mol. The second-order valence-electron chi connectivity index (χ2n) is 4.48. The first-order valence-electron chi connectivity index (χ1n) is 6.21. The molecule has 0 saturated heterocycles. The average molecular weight is 297 g/mol. The SMILES string of the molecule is COCc1cc(COc2ccc(C(C)N)cc2Cl)no1. The zero-order chi connectivity index (χ0) is 14.5. The Kier molecular flexibility index (Phi) is 5.00. The predicted molar refractivity (Wildman–Crippen MR) is 75.6 cm³/mol. The molecule has 0 aliphatic carbocycles. The molecule has 1 atom stereocenters. The van der Waals surface area contributed by atoms with Gasteiger partial charge in [0.1, 0.15) is 24.7 Å². The van der Waals surface area contributed by atoms with Crippen LogP contribution in [0.1, 0.15) is 30.0 Å². The molecule has 6 heteroatoms. The van der Waals surface area contributed by atoms with Crippen molar-refractivity contribution in [2.45, 2.75) is 26.2 Å².